The van der Waals surface area contributed by atoms with E-state index in [0.29, 0.717) is 11.3 Å². The lowest BCUT2D eigenvalue weighted by atomic mass is 10.1. The van der Waals surface area contributed by atoms with Crippen molar-refractivity contribution in [1.82, 2.24) is 9.47 Å². The molecule has 0 spiro atoms. The molecule has 0 saturated carbocycles. The Bertz CT molecular complexity index is 733. The summed E-state index contributed by atoms with van der Waals surface area (Å²) in [7, 11) is 0. The molecular formula is C18H19N3O. The van der Waals surface area contributed by atoms with E-state index in [1.54, 1.807) is 6.07 Å². The van der Waals surface area contributed by atoms with Crippen LogP contribution in [0.1, 0.15) is 41.4 Å². The Labute approximate surface area is 130 Å². The number of amides is 1. The molecule has 22 heavy (non-hydrogen) atoms. The molecule has 1 aliphatic heterocycles. The molecule has 4 heteroatoms. The molecular weight excluding hydrogens is 274 g/mol. The highest BCUT2D eigenvalue weighted by Gasteiger charge is 2.26. The van der Waals surface area contributed by atoms with E-state index in [-0.39, 0.29) is 5.91 Å². The van der Waals surface area contributed by atoms with Crippen molar-refractivity contribution in [2.24, 2.45) is 0 Å². The summed E-state index contributed by atoms with van der Waals surface area (Å²) in [6.07, 6.45) is 4.80. The van der Waals surface area contributed by atoms with Crippen molar-refractivity contribution in [1.29, 1.82) is 5.26 Å². The quantitative estimate of drug-likeness (QED) is 0.873. The number of carbonyl (C=O) groups excluding carboxylic acids is 1. The van der Waals surface area contributed by atoms with Crippen molar-refractivity contribution < 1.29 is 4.79 Å². The highest BCUT2D eigenvalue weighted by atomic mass is 16.2. The van der Waals surface area contributed by atoms with Crippen molar-refractivity contribution in [2.75, 3.05) is 13.1 Å². The molecule has 1 fully saturated rings. The standard InChI is InChI=1S/C18H19N3O/c1-2-14-7-3-4-8-16(14)21-12-9-15(13-19)17(21)18(22)20-10-5-6-11-20/h3-4,7-9,12H,2,5-6,10-11H2,1H3. The van der Waals surface area contributed by atoms with Crippen LogP contribution in [0, 0.1) is 11.3 Å². The lowest BCUT2D eigenvalue weighted by Crippen LogP contribution is -2.30. The van der Waals surface area contributed by atoms with Gasteiger partial charge >= 0.3 is 0 Å². The summed E-state index contributed by atoms with van der Waals surface area (Å²) in [5.74, 6) is -0.0371. The van der Waals surface area contributed by atoms with Crippen molar-refractivity contribution in [3.63, 3.8) is 0 Å². The van der Waals surface area contributed by atoms with E-state index in [1.165, 1.54) is 0 Å². The number of benzene rings is 1. The predicted molar refractivity (Wildman–Crippen MR) is 85.0 cm³/mol. The van der Waals surface area contributed by atoms with Gasteiger partial charge in [0.2, 0.25) is 0 Å². The van der Waals surface area contributed by atoms with Gasteiger partial charge in [0.25, 0.3) is 5.91 Å². The zero-order valence-electron chi connectivity index (χ0n) is 12.7. The minimum absolute atomic E-state index is 0.0371. The van der Waals surface area contributed by atoms with Crippen molar-refractivity contribution in [3.8, 4) is 11.8 Å². The average Bonchev–Trinajstić information content (AvgIpc) is 3.23. The third-order valence-electron chi connectivity index (χ3n) is 4.23. The summed E-state index contributed by atoms with van der Waals surface area (Å²) in [6.45, 7) is 3.66. The monoisotopic (exact) mass is 293 g/mol. The van der Waals surface area contributed by atoms with Crippen LogP contribution in [0.5, 0.6) is 0 Å². The van der Waals surface area contributed by atoms with E-state index in [4.69, 9.17) is 0 Å². The fraction of sp³-hybridized carbons (Fsp3) is 0.333. The molecule has 0 bridgehead atoms. The Morgan fingerprint density at radius 2 is 1.95 bits per heavy atom. The molecule has 2 heterocycles. The van der Waals surface area contributed by atoms with E-state index in [1.807, 2.05) is 33.9 Å². The van der Waals surface area contributed by atoms with Crippen molar-refractivity contribution in [2.45, 2.75) is 26.2 Å². The second-order valence-corrected chi connectivity index (χ2v) is 5.54. The molecule has 0 unspecified atom stereocenters. The second kappa shape index (κ2) is 6.07. The number of para-hydroxylation sites is 1. The topological polar surface area (TPSA) is 49.0 Å². The summed E-state index contributed by atoms with van der Waals surface area (Å²) < 4.78 is 1.87. The molecule has 2 aromatic rings. The number of rotatable bonds is 3. The fourth-order valence-electron chi connectivity index (χ4n) is 3.06. The van der Waals surface area contributed by atoms with Gasteiger partial charge in [0.05, 0.1) is 5.56 Å². The van der Waals surface area contributed by atoms with Gasteiger partial charge in [0.15, 0.2) is 0 Å². The Morgan fingerprint density at radius 3 is 2.64 bits per heavy atom. The Hall–Kier alpha value is -2.54. The normalized spacial score (nSPS) is 14.1. The molecule has 0 radical (unpaired) electrons. The van der Waals surface area contributed by atoms with Crippen LogP contribution < -0.4 is 0 Å². The van der Waals surface area contributed by atoms with Gasteiger partial charge in [-0.2, -0.15) is 5.26 Å². The molecule has 1 aromatic heterocycles. The number of hydrogen-bond acceptors (Lipinski definition) is 2. The van der Waals surface area contributed by atoms with E-state index >= 15 is 0 Å². The van der Waals surface area contributed by atoms with Crippen LogP contribution in [0.15, 0.2) is 36.5 Å². The molecule has 1 amide bonds. The molecule has 1 saturated heterocycles. The highest BCUT2D eigenvalue weighted by molar-refractivity contribution is 5.96. The van der Waals surface area contributed by atoms with Crippen molar-refractivity contribution in [3.05, 3.63) is 53.3 Å². The maximum Gasteiger partial charge on any atom is 0.272 e. The van der Waals surface area contributed by atoms with Crippen molar-refractivity contribution >= 4 is 5.91 Å². The number of nitriles is 1. The largest absolute Gasteiger partial charge is 0.337 e. The number of likely N-dealkylation sites (tertiary alicyclic amines) is 1. The van der Waals surface area contributed by atoms with Crippen LogP contribution in [-0.4, -0.2) is 28.5 Å². The summed E-state index contributed by atoms with van der Waals surface area (Å²) in [5, 5.41) is 9.36. The lowest BCUT2D eigenvalue weighted by molar-refractivity contribution is 0.0784. The van der Waals surface area contributed by atoms with Crippen LogP contribution in [0.2, 0.25) is 0 Å². The first kappa shape index (κ1) is 14.4. The minimum Gasteiger partial charge on any atom is -0.337 e. The first-order chi connectivity index (χ1) is 10.8. The average molecular weight is 293 g/mol. The van der Waals surface area contributed by atoms with Gasteiger partial charge in [-0.1, -0.05) is 25.1 Å². The fourth-order valence-corrected chi connectivity index (χ4v) is 3.06. The lowest BCUT2D eigenvalue weighted by Gasteiger charge is -2.18. The Balaban J connectivity index is 2.11. The van der Waals surface area contributed by atoms with E-state index in [2.05, 4.69) is 19.1 Å². The molecule has 0 atom stereocenters. The molecule has 3 rings (SSSR count). The first-order valence-corrected chi connectivity index (χ1v) is 7.75. The zero-order valence-corrected chi connectivity index (χ0v) is 12.7. The second-order valence-electron chi connectivity index (χ2n) is 5.54. The summed E-state index contributed by atoms with van der Waals surface area (Å²) in [4.78, 5) is 14.7. The van der Waals surface area contributed by atoms with Crippen LogP contribution in [-0.2, 0) is 6.42 Å². The predicted octanol–water partition coefficient (Wildman–Crippen LogP) is 3.15. The van der Waals surface area contributed by atoms with E-state index < -0.39 is 0 Å². The zero-order chi connectivity index (χ0) is 15.5. The van der Waals surface area contributed by atoms with Crippen LogP contribution in [0.25, 0.3) is 5.69 Å². The van der Waals surface area contributed by atoms with Gasteiger partial charge in [0, 0.05) is 25.0 Å². The smallest absolute Gasteiger partial charge is 0.272 e. The van der Waals surface area contributed by atoms with Crippen LogP contribution in [0.3, 0.4) is 0 Å². The number of carbonyl (C=O) groups is 1. The summed E-state index contributed by atoms with van der Waals surface area (Å²) in [5.41, 5.74) is 3.08. The summed E-state index contributed by atoms with van der Waals surface area (Å²) >= 11 is 0. The third kappa shape index (κ3) is 2.39. The summed E-state index contributed by atoms with van der Waals surface area (Å²) in [6, 6.07) is 11.9. The molecule has 0 N–H and O–H groups in total. The number of hydrogen-bond donors (Lipinski definition) is 0. The van der Waals surface area contributed by atoms with Gasteiger partial charge in [-0.25, -0.2) is 0 Å². The number of aromatic nitrogens is 1. The molecule has 0 aliphatic carbocycles. The maximum absolute atomic E-state index is 12.8. The highest BCUT2D eigenvalue weighted by Crippen LogP contribution is 2.23. The SMILES string of the molecule is CCc1ccccc1-n1ccc(C#N)c1C(=O)N1CCCC1. The third-order valence-corrected chi connectivity index (χ3v) is 4.23. The molecule has 1 aromatic carbocycles. The minimum atomic E-state index is -0.0371. The molecule has 4 nitrogen and oxygen atoms in total. The van der Waals surface area contributed by atoms with E-state index in [9.17, 15) is 10.1 Å². The van der Waals surface area contributed by atoms with Crippen LogP contribution >= 0.6 is 0 Å². The molecule has 112 valence electrons. The van der Waals surface area contributed by atoms with Gasteiger partial charge < -0.3 is 9.47 Å². The molecule has 1 aliphatic rings. The Morgan fingerprint density at radius 1 is 1.23 bits per heavy atom. The number of nitrogens with zero attached hydrogens (tertiary/aromatic N) is 3. The van der Waals surface area contributed by atoms with Gasteiger partial charge in [-0.3, -0.25) is 4.79 Å². The van der Waals surface area contributed by atoms with Crippen LogP contribution in [0.4, 0.5) is 0 Å². The first-order valence-electron chi connectivity index (χ1n) is 7.75. The number of aryl methyl sites for hydroxylation is 1. The van der Waals surface area contributed by atoms with Gasteiger partial charge in [-0.05, 0) is 37.0 Å². The Kier molecular flexibility index (Phi) is 3.97. The van der Waals surface area contributed by atoms with Gasteiger partial charge in [0.1, 0.15) is 11.8 Å². The maximum atomic E-state index is 12.8. The van der Waals surface area contributed by atoms with E-state index in [0.717, 1.165) is 43.6 Å². The van der Waals surface area contributed by atoms with Gasteiger partial charge in [-0.15, -0.1) is 0 Å².